The molecule has 0 atom stereocenters. The molecule has 1 fully saturated rings. The molecule has 1 amide bonds. The van der Waals surface area contributed by atoms with Gasteiger partial charge < -0.3 is 15.8 Å². The van der Waals surface area contributed by atoms with Crippen LogP contribution >= 0.6 is 0 Å². The van der Waals surface area contributed by atoms with Crippen molar-refractivity contribution in [2.75, 3.05) is 11.1 Å². The lowest BCUT2D eigenvalue weighted by Gasteiger charge is -2.13. The van der Waals surface area contributed by atoms with E-state index < -0.39 is 22.3 Å². The number of amides is 1. The van der Waals surface area contributed by atoms with Crippen LogP contribution in [0.1, 0.15) is 36.0 Å². The van der Waals surface area contributed by atoms with Crippen LogP contribution in [-0.4, -0.2) is 16.9 Å². The molecule has 8 heteroatoms. The van der Waals surface area contributed by atoms with E-state index in [4.69, 9.17) is 10.5 Å². The van der Waals surface area contributed by atoms with Crippen molar-refractivity contribution in [1.29, 1.82) is 0 Å². The summed E-state index contributed by atoms with van der Waals surface area (Å²) in [4.78, 5) is 22.4. The Bertz CT molecular complexity index is 833. The molecule has 136 valence electrons. The molecule has 0 spiro atoms. The van der Waals surface area contributed by atoms with E-state index in [2.05, 4.69) is 5.32 Å². The van der Waals surface area contributed by atoms with Gasteiger partial charge in [0.05, 0.1) is 22.7 Å². The number of nitrogens with two attached hydrogens (primary N) is 1. The van der Waals surface area contributed by atoms with Gasteiger partial charge in [-0.1, -0.05) is 0 Å². The molecule has 0 aromatic heterocycles. The number of nitro benzene ring substituents is 1. The van der Waals surface area contributed by atoms with Crippen LogP contribution in [0.15, 0.2) is 36.4 Å². The number of carbonyl (C=O) groups excluding carboxylic acids is 1. The number of benzene rings is 2. The van der Waals surface area contributed by atoms with Gasteiger partial charge >= 0.3 is 0 Å². The van der Waals surface area contributed by atoms with E-state index in [9.17, 15) is 19.3 Å². The number of rotatable bonds is 5. The van der Waals surface area contributed by atoms with E-state index in [0.717, 1.165) is 18.9 Å². The Balaban J connectivity index is 1.72. The van der Waals surface area contributed by atoms with Gasteiger partial charge in [-0.05, 0) is 56.0 Å². The highest BCUT2D eigenvalue weighted by atomic mass is 19.1. The van der Waals surface area contributed by atoms with Gasteiger partial charge in [0, 0.05) is 5.69 Å². The van der Waals surface area contributed by atoms with Crippen LogP contribution in [-0.2, 0) is 0 Å². The van der Waals surface area contributed by atoms with E-state index in [-0.39, 0.29) is 17.4 Å². The zero-order chi connectivity index (χ0) is 18.7. The number of halogens is 1. The predicted molar refractivity (Wildman–Crippen MR) is 94.7 cm³/mol. The number of nitrogens with zero attached hydrogens (tertiary/aromatic N) is 1. The fourth-order valence-electron chi connectivity index (χ4n) is 2.96. The Morgan fingerprint density at radius 3 is 2.50 bits per heavy atom. The largest absolute Gasteiger partial charge is 0.490 e. The second-order valence-electron chi connectivity index (χ2n) is 6.15. The molecule has 0 radical (unpaired) electrons. The van der Waals surface area contributed by atoms with Crippen molar-refractivity contribution in [3.05, 3.63) is 57.9 Å². The van der Waals surface area contributed by atoms with Gasteiger partial charge in [0.1, 0.15) is 17.3 Å². The molecule has 26 heavy (non-hydrogen) atoms. The number of ether oxygens (including phenoxy) is 1. The van der Waals surface area contributed by atoms with Crippen molar-refractivity contribution in [2.24, 2.45) is 0 Å². The molecular weight excluding hydrogens is 341 g/mol. The highest BCUT2D eigenvalue weighted by Crippen LogP contribution is 2.28. The van der Waals surface area contributed by atoms with Crippen molar-refractivity contribution in [1.82, 2.24) is 0 Å². The van der Waals surface area contributed by atoms with Crippen LogP contribution in [0.5, 0.6) is 5.75 Å². The first-order valence-corrected chi connectivity index (χ1v) is 8.25. The Kier molecular flexibility index (Phi) is 5.01. The quantitative estimate of drug-likeness (QED) is 0.478. The molecule has 0 bridgehead atoms. The van der Waals surface area contributed by atoms with Crippen molar-refractivity contribution < 1.29 is 18.8 Å². The molecule has 0 unspecified atom stereocenters. The maximum absolute atomic E-state index is 13.6. The van der Waals surface area contributed by atoms with Crippen molar-refractivity contribution in [3.8, 4) is 5.75 Å². The summed E-state index contributed by atoms with van der Waals surface area (Å²) in [6.07, 6.45) is 4.63. The molecule has 1 saturated carbocycles. The minimum absolute atomic E-state index is 0.225. The first kappa shape index (κ1) is 17.7. The number of nitro groups is 1. The fourth-order valence-corrected chi connectivity index (χ4v) is 2.96. The van der Waals surface area contributed by atoms with Crippen LogP contribution in [0.2, 0.25) is 0 Å². The second kappa shape index (κ2) is 7.38. The first-order chi connectivity index (χ1) is 12.4. The SMILES string of the molecule is Nc1c(C(=O)Nc2ccc(OC3CCCC3)cc2)cc(F)cc1[N+](=O)[O-]. The van der Waals surface area contributed by atoms with Crippen LogP contribution in [0.25, 0.3) is 0 Å². The summed E-state index contributed by atoms with van der Waals surface area (Å²) in [7, 11) is 0. The average molecular weight is 359 g/mol. The molecule has 2 aromatic rings. The summed E-state index contributed by atoms with van der Waals surface area (Å²) >= 11 is 0. The third kappa shape index (κ3) is 3.90. The fraction of sp³-hybridized carbons (Fsp3) is 0.278. The molecule has 7 nitrogen and oxygen atoms in total. The Hall–Kier alpha value is -3.16. The van der Waals surface area contributed by atoms with Gasteiger partial charge in [0.2, 0.25) is 0 Å². The summed E-state index contributed by atoms with van der Waals surface area (Å²) in [5, 5.41) is 13.4. The third-order valence-corrected chi connectivity index (χ3v) is 4.28. The van der Waals surface area contributed by atoms with Gasteiger partial charge in [0.15, 0.2) is 0 Å². The molecule has 0 heterocycles. The highest BCUT2D eigenvalue weighted by Gasteiger charge is 2.22. The van der Waals surface area contributed by atoms with Gasteiger partial charge in [-0.15, -0.1) is 0 Å². The molecular formula is C18H18FN3O4. The Morgan fingerprint density at radius 1 is 1.23 bits per heavy atom. The Morgan fingerprint density at radius 2 is 1.88 bits per heavy atom. The maximum Gasteiger partial charge on any atom is 0.295 e. The third-order valence-electron chi connectivity index (χ3n) is 4.28. The van der Waals surface area contributed by atoms with Gasteiger partial charge in [0.25, 0.3) is 11.6 Å². The summed E-state index contributed by atoms with van der Waals surface area (Å²) in [5.74, 6) is -0.929. The van der Waals surface area contributed by atoms with E-state index in [1.165, 1.54) is 12.8 Å². The normalized spacial score (nSPS) is 14.2. The maximum atomic E-state index is 13.6. The number of anilines is 2. The molecule has 0 aliphatic heterocycles. The first-order valence-electron chi connectivity index (χ1n) is 8.25. The lowest BCUT2D eigenvalue weighted by atomic mass is 10.1. The number of hydrogen-bond acceptors (Lipinski definition) is 5. The van der Waals surface area contributed by atoms with Gasteiger partial charge in [-0.2, -0.15) is 0 Å². The lowest BCUT2D eigenvalue weighted by molar-refractivity contribution is -0.384. The lowest BCUT2D eigenvalue weighted by Crippen LogP contribution is -2.15. The molecule has 0 saturated heterocycles. The minimum atomic E-state index is -0.906. The van der Waals surface area contributed by atoms with E-state index >= 15 is 0 Å². The van der Waals surface area contributed by atoms with E-state index in [1.807, 2.05) is 0 Å². The zero-order valence-corrected chi connectivity index (χ0v) is 13.9. The smallest absolute Gasteiger partial charge is 0.295 e. The summed E-state index contributed by atoms with van der Waals surface area (Å²) < 4.78 is 19.4. The number of nitrogen functional groups attached to an aromatic ring is 1. The van der Waals surface area contributed by atoms with Crippen molar-refractivity contribution in [2.45, 2.75) is 31.8 Å². The van der Waals surface area contributed by atoms with E-state index in [0.29, 0.717) is 17.5 Å². The van der Waals surface area contributed by atoms with Crippen molar-refractivity contribution in [3.63, 3.8) is 0 Å². The predicted octanol–water partition coefficient (Wildman–Crippen LogP) is 3.89. The molecule has 3 N–H and O–H groups in total. The number of nitrogens with one attached hydrogen (secondary N) is 1. The summed E-state index contributed by atoms with van der Waals surface area (Å²) in [6, 6.07) is 8.30. The monoisotopic (exact) mass is 359 g/mol. The van der Waals surface area contributed by atoms with Crippen LogP contribution in [0, 0.1) is 15.9 Å². The highest BCUT2D eigenvalue weighted by molar-refractivity contribution is 6.08. The van der Waals surface area contributed by atoms with Gasteiger partial charge in [-0.25, -0.2) is 4.39 Å². The average Bonchev–Trinajstić information content (AvgIpc) is 3.11. The topological polar surface area (TPSA) is 107 Å². The van der Waals surface area contributed by atoms with E-state index in [1.54, 1.807) is 24.3 Å². The molecule has 3 rings (SSSR count). The van der Waals surface area contributed by atoms with Crippen LogP contribution in [0.3, 0.4) is 0 Å². The Labute approximate surface area is 149 Å². The van der Waals surface area contributed by atoms with Crippen LogP contribution < -0.4 is 15.8 Å². The standard InChI is InChI=1S/C18H18FN3O4/c19-11-9-15(17(20)16(10-11)22(24)25)18(23)21-12-5-7-14(8-6-12)26-13-3-1-2-4-13/h5-10,13H,1-4,20H2,(H,21,23). The summed E-state index contributed by atoms with van der Waals surface area (Å²) in [6.45, 7) is 0. The number of carbonyl (C=O) groups is 1. The molecule has 1 aliphatic rings. The summed E-state index contributed by atoms with van der Waals surface area (Å²) in [5.41, 5.74) is 4.77. The number of hydrogen-bond donors (Lipinski definition) is 2. The second-order valence-corrected chi connectivity index (χ2v) is 6.15. The molecule has 2 aromatic carbocycles. The minimum Gasteiger partial charge on any atom is -0.490 e. The van der Waals surface area contributed by atoms with Crippen molar-refractivity contribution >= 4 is 23.0 Å². The molecule has 1 aliphatic carbocycles. The zero-order valence-electron chi connectivity index (χ0n) is 13.9. The van der Waals surface area contributed by atoms with Crippen LogP contribution in [0.4, 0.5) is 21.5 Å². The van der Waals surface area contributed by atoms with Gasteiger partial charge in [-0.3, -0.25) is 14.9 Å².